The van der Waals surface area contributed by atoms with Crippen LogP contribution < -0.4 is 4.74 Å². The Morgan fingerprint density at radius 2 is 1.65 bits per heavy atom. The molecule has 0 spiro atoms. The maximum Gasteiger partial charge on any atom is 0.416 e. The quantitative estimate of drug-likeness (QED) is 0.218. The molecule has 160 valence electrons. The lowest BCUT2D eigenvalue weighted by Gasteiger charge is -2.12. The highest BCUT2D eigenvalue weighted by molar-refractivity contribution is 6.31. The molecule has 0 fully saturated rings. The fraction of sp³-hybridized carbons (Fsp3) is 0.0952. The second kappa shape index (κ2) is 8.95. The Labute approximate surface area is 184 Å². The summed E-state index contributed by atoms with van der Waals surface area (Å²) in [5.41, 5.74) is -0.178. The standard InChI is InChI=1S/C21H13Cl2F3N2O3/c1-12-2-4-16(23)10-17(12)27-11-13-8-15(22)5-7-19(13)31-20-6-3-14(21(24,25)26)9-18(20)28(29)30/h2-11H,1H3. The maximum atomic E-state index is 12.9. The van der Waals surface area contributed by atoms with Gasteiger partial charge >= 0.3 is 11.9 Å². The molecule has 0 aliphatic carbocycles. The van der Waals surface area contributed by atoms with Crippen molar-refractivity contribution in [1.82, 2.24) is 0 Å². The Bertz CT molecular complexity index is 1180. The summed E-state index contributed by atoms with van der Waals surface area (Å²) in [6.45, 7) is 1.84. The minimum absolute atomic E-state index is 0.121. The number of ether oxygens (including phenoxy) is 1. The van der Waals surface area contributed by atoms with Gasteiger partial charge in [-0.1, -0.05) is 29.3 Å². The van der Waals surface area contributed by atoms with Crippen LogP contribution in [0.15, 0.2) is 59.6 Å². The SMILES string of the molecule is Cc1ccc(Cl)cc1N=Cc1cc(Cl)ccc1Oc1ccc(C(F)(F)F)cc1[N+](=O)[O-]. The van der Waals surface area contributed by atoms with Crippen LogP contribution in [0.3, 0.4) is 0 Å². The van der Waals surface area contributed by atoms with Gasteiger partial charge in [0.25, 0.3) is 0 Å². The van der Waals surface area contributed by atoms with E-state index in [1.807, 2.05) is 6.92 Å². The molecule has 31 heavy (non-hydrogen) atoms. The Morgan fingerprint density at radius 1 is 1.00 bits per heavy atom. The molecule has 0 radical (unpaired) electrons. The van der Waals surface area contributed by atoms with Crippen molar-refractivity contribution in [3.05, 3.63) is 91.4 Å². The zero-order valence-electron chi connectivity index (χ0n) is 15.8. The van der Waals surface area contributed by atoms with E-state index < -0.39 is 22.4 Å². The topological polar surface area (TPSA) is 64.7 Å². The van der Waals surface area contributed by atoms with Gasteiger partial charge in [-0.25, -0.2) is 0 Å². The first-order valence-electron chi connectivity index (χ1n) is 8.68. The van der Waals surface area contributed by atoms with Crippen LogP contribution in [0.1, 0.15) is 16.7 Å². The fourth-order valence-electron chi connectivity index (χ4n) is 2.62. The molecule has 0 N–H and O–H groups in total. The van der Waals surface area contributed by atoms with Crippen molar-refractivity contribution < 1.29 is 22.8 Å². The van der Waals surface area contributed by atoms with Gasteiger partial charge < -0.3 is 4.74 Å². The minimum Gasteiger partial charge on any atom is -0.449 e. The van der Waals surface area contributed by atoms with Crippen molar-refractivity contribution in [2.75, 3.05) is 0 Å². The van der Waals surface area contributed by atoms with E-state index in [1.165, 1.54) is 24.4 Å². The van der Waals surface area contributed by atoms with Gasteiger partial charge in [-0.3, -0.25) is 15.1 Å². The summed E-state index contributed by atoms with van der Waals surface area (Å²) in [6.07, 6.45) is -3.30. The number of benzene rings is 3. The molecule has 3 rings (SSSR count). The molecular weight excluding hydrogens is 456 g/mol. The third-order valence-corrected chi connectivity index (χ3v) is 4.66. The predicted molar refractivity (Wildman–Crippen MR) is 113 cm³/mol. The number of rotatable bonds is 5. The van der Waals surface area contributed by atoms with Crippen molar-refractivity contribution in [2.24, 2.45) is 4.99 Å². The highest BCUT2D eigenvalue weighted by atomic mass is 35.5. The smallest absolute Gasteiger partial charge is 0.416 e. The van der Waals surface area contributed by atoms with Crippen LogP contribution in [-0.4, -0.2) is 11.1 Å². The maximum absolute atomic E-state index is 12.9. The van der Waals surface area contributed by atoms with Gasteiger partial charge in [-0.2, -0.15) is 13.2 Å². The third kappa shape index (κ3) is 5.53. The zero-order valence-corrected chi connectivity index (χ0v) is 17.3. The molecule has 0 aliphatic rings. The number of nitro benzene ring substituents is 1. The second-order valence-electron chi connectivity index (χ2n) is 6.41. The van der Waals surface area contributed by atoms with E-state index in [0.29, 0.717) is 33.4 Å². The number of nitrogens with zero attached hydrogens (tertiary/aromatic N) is 2. The first-order valence-corrected chi connectivity index (χ1v) is 9.43. The summed E-state index contributed by atoms with van der Waals surface area (Å²) < 4.78 is 44.3. The average Bonchev–Trinajstić information content (AvgIpc) is 2.69. The van der Waals surface area contributed by atoms with Crippen molar-refractivity contribution >= 4 is 40.8 Å². The normalized spacial score (nSPS) is 11.7. The predicted octanol–water partition coefficient (Wildman–Crippen LogP) is 7.77. The lowest BCUT2D eigenvalue weighted by molar-refractivity contribution is -0.385. The third-order valence-electron chi connectivity index (χ3n) is 4.19. The van der Waals surface area contributed by atoms with Gasteiger partial charge in [0.2, 0.25) is 5.75 Å². The van der Waals surface area contributed by atoms with Gasteiger partial charge in [0, 0.05) is 27.9 Å². The number of aryl methyl sites for hydroxylation is 1. The van der Waals surface area contributed by atoms with Gasteiger partial charge in [-0.15, -0.1) is 0 Å². The summed E-state index contributed by atoms with van der Waals surface area (Å²) in [7, 11) is 0. The van der Waals surface area contributed by atoms with Crippen LogP contribution in [0.2, 0.25) is 10.0 Å². The summed E-state index contributed by atoms with van der Waals surface area (Å²) >= 11 is 12.0. The highest BCUT2D eigenvalue weighted by Crippen LogP contribution is 2.38. The molecule has 0 saturated heterocycles. The number of alkyl halides is 3. The molecule has 0 unspecified atom stereocenters. The number of nitro groups is 1. The van der Waals surface area contributed by atoms with E-state index >= 15 is 0 Å². The van der Waals surface area contributed by atoms with E-state index in [0.717, 1.165) is 11.6 Å². The molecule has 0 aliphatic heterocycles. The van der Waals surface area contributed by atoms with Crippen LogP contribution in [0.4, 0.5) is 24.5 Å². The lowest BCUT2D eigenvalue weighted by atomic mass is 10.1. The van der Waals surface area contributed by atoms with E-state index in [-0.39, 0.29) is 11.5 Å². The monoisotopic (exact) mass is 468 g/mol. The van der Waals surface area contributed by atoms with E-state index in [2.05, 4.69) is 4.99 Å². The largest absolute Gasteiger partial charge is 0.449 e. The Kier molecular flexibility index (Phi) is 6.52. The summed E-state index contributed by atoms with van der Waals surface area (Å²) in [5.74, 6) is -0.232. The van der Waals surface area contributed by atoms with E-state index in [4.69, 9.17) is 27.9 Å². The van der Waals surface area contributed by atoms with Crippen LogP contribution in [0, 0.1) is 17.0 Å². The number of aliphatic imine (C=N–C) groups is 1. The van der Waals surface area contributed by atoms with Crippen molar-refractivity contribution in [1.29, 1.82) is 0 Å². The van der Waals surface area contributed by atoms with Crippen LogP contribution in [0.5, 0.6) is 11.5 Å². The average molecular weight is 469 g/mol. The summed E-state index contributed by atoms with van der Waals surface area (Å²) in [4.78, 5) is 14.7. The van der Waals surface area contributed by atoms with Crippen LogP contribution >= 0.6 is 23.2 Å². The zero-order chi connectivity index (χ0) is 22.8. The Balaban J connectivity index is 2.01. The van der Waals surface area contributed by atoms with Crippen molar-refractivity contribution in [3.8, 4) is 11.5 Å². The molecule has 0 atom stereocenters. The minimum atomic E-state index is -4.73. The molecule has 0 heterocycles. The molecule has 10 heteroatoms. The van der Waals surface area contributed by atoms with Crippen LogP contribution in [-0.2, 0) is 6.18 Å². The molecule has 3 aromatic carbocycles. The molecule has 0 saturated carbocycles. The first-order chi connectivity index (χ1) is 14.5. The summed E-state index contributed by atoms with van der Waals surface area (Å²) in [6, 6.07) is 11.6. The number of halogens is 5. The molecule has 0 aromatic heterocycles. The number of hydrogen-bond acceptors (Lipinski definition) is 4. The van der Waals surface area contributed by atoms with Crippen molar-refractivity contribution in [2.45, 2.75) is 13.1 Å². The Hall–Kier alpha value is -3.10. The molecular formula is C21H13Cl2F3N2O3. The van der Waals surface area contributed by atoms with Gasteiger partial charge in [-0.05, 0) is 55.0 Å². The van der Waals surface area contributed by atoms with Crippen molar-refractivity contribution in [3.63, 3.8) is 0 Å². The fourth-order valence-corrected chi connectivity index (χ4v) is 2.96. The van der Waals surface area contributed by atoms with Crippen LogP contribution in [0.25, 0.3) is 0 Å². The molecule has 3 aromatic rings. The highest BCUT2D eigenvalue weighted by Gasteiger charge is 2.33. The number of hydrogen-bond donors (Lipinski definition) is 0. The molecule has 5 nitrogen and oxygen atoms in total. The van der Waals surface area contributed by atoms with Gasteiger partial charge in [0.1, 0.15) is 5.75 Å². The molecule has 0 amide bonds. The first kappa shape index (κ1) is 22.6. The van der Waals surface area contributed by atoms with E-state index in [1.54, 1.807) is 18.2 Å². The second-order valence-corrected chi connectivity index (χ2v) is 7.28. The lowest BCUT2D eigenvalue weighted by Crippen LogP contribution is -2.06. The van der Waals surface area contributed by atoms with Gasteiger partial charge in [0.05, 0.1) is 16.2 Å². The van der Waals surface area contributed by atoms with E-state index in [9.17, 15) is 23.3 Å². The molecule has 0 bridgehead atoms. The van der Waals surface area contributed by atoms with Gasteiger partial charge in [0.15, 0.2) is 0 Å². The summed E-state index contributed by atoms with van der Waals surface area (Å²) in [5, 5.41) is 12.1. The Morgan fingerprint density at radius 3 is 2.32 bits per heavy atom.